The number of amides is 1. The molecule has 1 atom stereocenters. The molecule has 9 heteroatoms. The number of nitrogens with zero attached hydrogens (tertiary/aromatic N) is 4. The summed E-state index contributed by atoms with van der Waals surface area (Å²) in [7, 11) is 0. The fourth-order valence-corrected chi connectivity index (χ4v) is 2.24. The van der Waals surface area contributed by atoms with Gasteiger partial charge in [-0.25, -0.2) is 14.6 Å². The first-order valence-electron chi connectivity index (χ1n) is 6.65. The predicted octanol–water partition coefficient (Wildman–Crippen LogP) is 1.44. The van der Waals surface area contributed by atoms with E-state index in [0.717, 1.165) is 25.9 Å². The van der Waals surface area contributed by atoms with Crippen molar-refractivity contribution in [2.45, 2.75) is 12.8 Å². The smallest absolute Gasteiger partial charge is 0.228 e. The number of carbonyl (C=O) groups is 1. The van der Waals surface area contributed by atoms with Gasteiger partial charge in [0, 0.05) is 6.54 Å². The van der Waals surface area contributed by atoms with E-state index in [1.54, 1.807) is 23.3 Å². The Bertz CT molecular complexity index is 569. The maximum absolute atomic E-state index is 12.1. The maximum atomic E-state index is 12.1. The summed E-state index contributed by atoms with van der Waals surface area (Å²) in [5, 5.41) is 10.1. The van der Waals surface area contributed by atoms with Crippen molar-refractivity contribution >= 4 is 36.4 Å². The molecule has 1 amide bonds. The minimum Gasteiger partial charge on any atom is -0.324 e. The Morgan fingerprint density at radius 1 is 1.36 bits per heavy atom. The van der Waals surface area contributed by atoms with Gasteiger partial charge in [-0.1, -0.05) is 0 Å². The van der Waals surface area contributed by atoms with Crippen molar-refractivity contribution in [1.82, 2.24) is 25.1 Å². The monoisotopic (exact) mass is 344 g/mol. The third kappa shape index (κ3) is 4.40. The summed E-state index contributed by atoms with van der Waals surface area (Å²) >= 11 is 0. The Morgan fingerprint density at radius 3 is 2.82 bits per heavy atom. The fourth-order valence-electron chi connectivity index (χ4n) is 2.24. The van der Waals surface area contributed by atoms with Gasteiger partial charge in [-0.2, -0.15) is 5.10 Å². The van der Waals surface area contributed by atoms with E-state index < -0.39 is 0 Å². The summed E-state index contributed by atoms with van der Waals surface area (Å²) in [5.74, 6) is 0.756. The van der Waals surface area contributed by atoms with E-state index >= 15 is 0 Å². The first kappa shape index (κ1) is 18.3. The molecule has 0 bridgehead atoms. The number of anilines is 1. The molecule has 3 heterocycles. The summed E-state index contributed by atoms with van der Waals surface area (Å²) in [6.45, 7) is 1.74. The van der Waals surface area contributed by atoms with Crippen LogP contribution in [0.2, 0.25) is 0 Å². The molecule has 0 aromatic carbocycles. The average Bonchev–Trinajstić information content (AvgIpc) is 3.03. The molecule has 120 valence electrons. The van der Waals surface area contributed by atoms with Gasteiger partial charge in [-0.3, -0.25) is 4.79 Å². The number of nitrogens with one attached hydrogen (secondary N) is 2. The highest BCUT2D eigenvalue weighted by Crippen LogP contribution is 2.14. The van der Waals surface area contributed by atoms with Crippen LogP contribution in [0, 0.1) is 5.92 Å². The topological polar surface area (TPSA) is 84.7 Å². The quantitative estimate of drug-likeness (QED) is 0.880. The van der Waals surface area contributed by atoms with E-state index in [4.69, 9.17) is 0 Å². The average molecular weight is 345 g/mol. The van der Waals surface area contributed by atoms with E-state index in [9.17, 15) is 4.79 Å². The van der Waals surface area contributed by atoms with Crippen molar-refractivity contribution in [2.24, 2.45) is 5.92 Å². The molecule has 22 heavy (non-hydrogen) atoms. The zero-order valence-electron chi connectivity index (χ0n) is 11.8. The Morgan fingerprint density at radius 2 is 2.23 bits per heavy atom. The van der Waals surface area contributed by atoms with Crippen LogP contribution in [-0.4, -0.2) is 38.7 Å². The van der Waals surface area contributed by atoms with Gasteiger partial charge in [0.2, 0.25) is 5.91 Å². The number of carbonyl (C=O) groups excluding carboxylic acids is 1. The van der Waals surface area contributed by atoms with Crippen molar-refractivity contribution in [3.63, 3.8) is 0 Å². The highest BCUT2D eigenvalue weighted by atomic mass is 35.5. The lowest BCUT2D eigenvalue weighted by atomic mass is 9.99. The fraction of sp³-hybridized carbons (Fsp3) is 0.385. The van der Waals surface area contributed by atoms with Crippen molar-refractivity contribution < 1.29 is 4.79 Å². The van der Waals surface area contributed by atoms with Crippen LogP contribution < -0.4 is 10.6 Å². The predicted molar refractivity (Wildman–Crippen MR) is 87.9 cm³/mol. The molecule has 0 saturated carbocycles. The summed E-state index contributed by atoms with van der Waals surface area (Å²) < 4.78 is 1.57. The molecular weight excluding hydrogens is 327 g/mol. The van der Waals surface area contributed by atoms with Crippen LogP contribution >= 0.6 is 24.8 Å². The summed E-state index contributed by atoms with van der Waals surface area (Å²) in [5.41, 5.74) is 0.699. The maximum Gasteiger partial charge on any atom is 0.228 e. The van der Waals surface area contributed by atoms with Crippen molar-refractivity contribution in [1.29, 1.82) is 0 Å². The van der Waals surface area contributed by atoms with Gasteiger partial charge in [0.1, 0.15) is 12.7 Å². The Hall–Kier alpha value is -1.70. The molecule has 1 aliphatic heterocycles. The first-order valence-corrected chi connectivity index (χ1v) is 6.65. The van der Waals surface area contributed by atoms with Gasteiger partial charge in [-0.15, -0.1) is 24.8 Å². The Kier molecular flexibility index (Phi) is 7.23. The van der Waals surface area contributed by atoms with E-state index in [1.807, 2.05) is 6.07 Å². The normalized spacial score (nSPS) is 17.0. The van der Waals surface area contributed by atoms with Crippen molar-refractivity contribution in [3.05, 3.63) is 31.0 Å². The molecule has 0 aliphatic carbocycles. The summed E-state index contributed by atoms with van der Waals surface area (Å²) in [4.78, 5) is 20.2. The second-order valence-corrected chi connectivity index (χ2v) is 4.78. The lowest BCUT2D eigenvalue weighted by Crippen LogP contribution is -2.37. The molecule has 1 aliphatic rings. The number of halogens is 2. The van der Waals surface area contributed by atoms with Gasteiger partial charge in [0.15, 0.2) is 5.82 Å². The van der Waals surface area contributed by atoms with Crippen molar-refractivity contribution in [2.75, 3.05) is 18.4 Å². The lowest BCUT2D eigenvalue weighted by molar-refractivity contribution is -0.120. The van der Waals surface area contributed by atoms with Gasteiger partial charge in [0.25, 0.3) is 0 Å². The Balaban J connectivity index is 0.00000121. The molecule has 0 unspecified atom stereocenters. The zero-order valence-corrected chi connectivity index (χ0v) is 13.4. The molecule has 1 saturated heterocycles. The molecule has 0 spiro atoms. The summed E-state index contributed by atoms with van der Waals surface area (Å²) in [6, 6.07) is 3.61. The molecule has 2 aromatic rings. The van der Waals surface area contributed by atoms with Crippen LogP contribution in [0.1, 0.15) is 12.8 Å². The number of pyridine rings is 1. The number of hydrogen-bond donors (Lipinski definition) is 2. The minimum absolute atomic E-state index is 0. The highest BCUT2D eigenvalue weighted by molar-refractivity contribution is 5.92. The largest absolute Gasteiger partial charge is 0.324 e. The summed E-state index contributed by atoms with van der Waals surface area (Å²) in [6.07, 6.45) is 6.64. The van der Waals surface area contributed by atoms with Gasteiger partial charge in [-0.05, 0) is 31.5 Å². The van der Waals surface area contributed by atoms with E-state index in [1.165, 1.54) is 6.33 Å². The molecule has 7 nitrogen and oxygen atoms in total. The second-order valence-electron chi connectivity index (χ2n) is 4.78. The Labute approximate surface area is 140 Å². The van der Waals surface area contributed by atoms with E-state index in [0.29, 0.717) is 11.5 Å². The van der Waals surface area contributed by atoms with Gasteiger partial charge < -0.3 is 10.6 Å². The van der Waals surface area contributed by atoms with Crippen LogP contribution in [0.15, 0.2) is 31.0 Å². The molecule has 0 radical (unpaired) electrons. The van der Waals surface area contributed by atoms with Gasteiger partial charge in [0.05, 0.1) is 17.8 Å². The first-order chi connectivity index (χ1) is 9.83. The highest BCUT2D eigenvalue weighted by Gasteiger charge is 2.20. The van der Waals surface area contributed by atoms with Crippen LogP contribution in [0.5, 0.6) is 0 Å². The lowest BCUT2D eigenvalue weighted by Gasteiger charge is -2.21. The van der Waals surface area contributed by atoms with Crippen molar-refractivity contribution in [3.8, 4) is 5.82 Å². The zero-order chi connectivity index (χ0) is 13.8. The van der Waals surface area contributed by atoms with Crippen LogP contribution in [0.4, 0.5) is 5.69 Å². The number of rotatable bonds is 3. The molecule has 3 rings (SSSR count). The molecule has 2 N–H and O–H groups in total. The SMILES string of the molecule is Cl.Cl.O=C(Nc1ccc(-n2cncn2)nc1)[C@@H]1CCCNC1. The van der Waals surface area contributed by atoms with Crippen LogP contribution in [0.25, 0.3) is 5.82 Å². The molecule has 1 fully saturated rings. The number of hydrogen-bond acceptors (Lipinski definition) is 5. The molecule has 2 aromatic heterocycles. The number of aromatic nitrogens is 4. The second kappa shape index (κ2) is 8.67. The third-order valence-electron chi connectivity index (χ3n) is 3.34. The molecular formula is C13H18Cl2N6O. The van der Waals surface area contributed by atoms with Gasteiger partial charge >= 0.3 is 0 Å². The number of piperidine rings is 1. The van der Waals surface area contributed by atoms with E-state index in [2.05, 4.69) is 25.7 Å². The van der Waals surface area contributed by atoms with E-state index in [-0.39, 0.29) is 36.6 Å². The van der Waals surface area contributed by atoms with Crippen LogP contribution in [-0.2, 0) is 4.79 Å². The third-order valence-corrected chi connectivity index (χ3v) is 3.34. The standard InChI is InChI=1S/C13H16N6O.2ClH/c20-13(10-2-1-5-14-6-10)18-11-3-4-12(16-7-11)19-9-15-8-17-19;;/h3-4,7-10,14H,1-2,5-6H2,(H,18,20);2*1H/t10-;;/m1../s1. The van der Waals surface area contributed by atoms with Crippen LogP contribution in [0.3, 0.4) is 0 Å². The minimum atomic E-state index is 0.